The molecular weight excluding hydrogens is 198 g/mol. The van der Waals surface area contributed by atoms with Crippen molar-refractivity contribution in [2.45, 2.75) is 6.42 Å². The molecule has 1 aromatic rings. The van der Waals surface area contributed by atoms with Gasteiger partial charge in [-0.15, -0.1) is 0 Å². The van der Waals surface area contributed by atoms with E-state index in [1.165, 1.54) is 24.3 Å². The minimum atomic E-state index is -0.987. The van der Waals surface area contributed by atoms with E-state index in [0.717, 1.165) is 0 Å². The second-order valence-electron chi connectivity index (χ2n) is 2.89. The molecule has 0 saturated heterocycles. The fraction of sp³-hybridized carbons (Fsp3) is 0.200. The molecule has 0 fully saturated rings. The normalized spacial score (nSPS) is 9.60. The van der Waals surface area contributed by atoms with E-state index in [1.807, 2.05) is 0 Å². The van der Waals surface area contributed by atoms with Gasteiger partial charge in [-0.3, -0.25) is 4.79 Å². The Hall–Kier alpha value is -2.04. The van der Waals surface area contributed by atoms with Gasteiger partial charge < -0.3 is 15.6 Å². The fourth-order valence-electron chi connectivity index (χ4n) is 0.963. The zero-order valence-corrected chi connectivity index (χ0v) is 7.97. The highest BCUT2D eigenvalue weighted by molar-refractivity contribution is 5.87. The Bertz CT molecular complexity index is 358. The van der Waals surface area contributed by atoms with Crippen LogP contribution in [-0.2, 0) is 4.79 Å². The van der Waals surface area contributed by atoms with Crippen molar-refractivity contribution < 1.29 is 19.4 Å². The molecule has 0 unspecified atom stereocenters. The smallest absolute Gasteiger partial charge is 0.335 e. The van der Waals surface area contributed by atoms with E-state index in [4.69, 9.17) is 15.6 Å². The van der Waals surface area contributed by atoms with Crippen LogP contribution in [0.4, 0.5) is 0 Å². The maximum atomic E-state index is 10.5. The SMILES string of the molecule is NC(=O)CCOc1ccc(C(=O)O)cc1. The van der Waals surface area contributed by atoms with Crippen LogP contribution in [0.2, 0.25) is 0 Å². The summed E-state index contributed by atoms with van der Waals surface area (Å²) in [5.74, 6) is -0.905. The number of benzene rings is 1. The summed E-state index contributed by atoms with van der Waals surface area (Å²) < 4.78 is 5.16. The number of carboxylic acid groups (broad SMARTS) is 1. The van der Waals surface area contributed by atoms with Gasteiger partial charge >= 0.3 is 5.97 Å². The van der Waals surface area contributed by atoms with Crippen LogP contribution in [0, 0.1) is 0 Å². The van der Waals surface area contributed by atoms with Crippen LogP contribution in [0.15, 0.2) is 24.3 Å². The van der Waals surface area contributed by atoms with Gasteiger partial charge in [0.2, 0.25) is 5.91 Å². The number of aromatic carboxylic acids is 1. The van der Waals surface area contributed by atoms with Gasteiger partial charge in [0, 0.05) is 0 Å². The average Bonchev–Trinajstić information content (AvgIpc) is 2.18. The first kappa shape index (κ1) is 11.0. The lowest BCUT2D eigenvalue weighted by Crippen LogP contribution is -2.14. The lowest BCUT2D eigenvalue weighted by molar-refractivity contribution is -0.118. The minimum absolute atomic E-state index is 0.140. The molecule has 0 aromatic heterocycles. The van der Waals surface area contributed by atoms with E-state index in [1.54, 1.807) is 0 Å². The molecule has 0 radical (unpaired) electrons. The quantitative estimate of drug-likeness (QED) is 0.744. The Morgan fingerprint density at radius 2 is 1.87 bits per heavy atom. The van der Waals surface area contributed by atoms with Gasteiger partial charge in [-0.05, 0) is 24.3 Å². The van der Waals surface area contributed by atoms with E-state index in [-0.39, 0.29) is 18.6 Å². The van der Waals surface area contributed by atoms with E-state index >= 15 is 0 Å². The van der Waals surface area contributed by atoms with Crippen LogP contribution in [-0.4, -0.2) is 23.6 Å². The first-order valence-corrected chi connectivity index (χ1v) is 4.34. The van der Waals surface area contributed by atoms with Crippen molar-refractivity contribution in [1.29, 1.82) is 0 Å². The van der Waals surface area contributed by atoms with Gasteiger partial charge in [0.15, 0.2) is 0 Å². The molecule has 1 amide bonds. The number of amides is 1. The zero-order chi connectivity index (χ0) is 11.3. The highest BCUT2D eigenvalue weighted by Gasteiger charge is 2.02. The number of primary amides is 1. The molecule has 0 bridgehead atoms. The molecule has 1 rings (SSSR count). The summed E-state index contributed by atoms with van der Waals surface area (Å²) in [7, 11) is 0. The molecule has 0 aliphatic heterocycles. The Balaban J connectivity index is 2.50. The average molecular weight is 209 g/mol. The number of carbonyl (C=O) groups is 2. The number of carboxylic acids is 1. The number of ether oxygens (including phenoxy) is 1. The number of carbonyl (C=O) groups excluding carboxylic acids is 1. The minimum Gasteiger partial charge on any atom is -0.493 e. The predicted molar refractivity (Wildman–Crippen MR) is 52.7 cm³/mol. The van der Waals surface area contributed by atoms with Crippen LogP contribution < -0.4 is 10.5 Å². The standard InChI is InChI=1S/C10H11NO4/c11-9(12)5-6-15-8-3-1-7(2-4-8)10(13)14/h1-4H,5-6H2,(H2,11,12)(H,13,14). The Morgan fingerprint density at radius 3 is 2.33 bits per heavy atom. The molecule has 1 aromatic carbocycles. The predicted octanol–water partition coefficient (Wildman–Crippen LogP) is 0.639. The van der Waals surface area contributed by atoms with Crippen LogP contribution in [0.5, 0.6) is 5.75 Å². The Kier molecular flexibility index (Phi) is 3.68. The van der Waals surface area contributed by atoms with E-state index in [9.17, 15) is 9.59 Å². The summed E-state index contributed by atoms with van der Waals surface area (Å²) in [5, 5.41) is 8.62. The van der Waals surface area contributed by atoms with Crippen LogP contribution in [0.3, 0.4) is 0 Å². The molecule has 80 valence electrons. The number of rotatable bonds is 5. The van der Waals surface area contributed by atoms with Crippen molar-refractivity contribution in [1.82, 2.24) is 0 Å². The summed E-state index contributed by atoms with van der Waals surface area (Å²) in [4.78, 5) is 20.9. The third kappa shape index (κ3) is 3.68. The summed E-state index contributed by atoms with van der Waals surface area (Å²) in [6, 6.07) is 5.93. The van der Waals surface area contributed by atoms with Crippen molar-refractivity contribution in [3.8, 4) is 5.75 Å². The van der Waals surface area contributed by atoms with Gasteiger partial charge in [-0.2, -0.15) is 0 Å². The van der Waals surface area contributed by atoms with Crippen LogP contribution in [0.25, 0.3) is 0 Å². The van der Waals surface area contributed by atoms with Crippen molar-refractivity contribution in [2.75, 3.05) is 6.61 Å². The second kappa shape index (κ2) is 4.99. The molecule has 15 heavy (non-hydrogen) atoms. The third-order valence-corrected chi connectivity index (χ3v) is 1.72. The van der Waals surface area contributed by atoms with Crippen molar-refractivity contribution in [2.24, 2.45) is 5.73 Å². The third-order valence-electron chi connectivity index (χ3n) is 1.72. The maximum Gasteiger partial charge on any atom is 0.335 e. The first-order valence-electron chi connectivity index (χ1n) is 4.34. The van der Waals surface area contributed by atoms with Gasteiger partial charge in [-0.1, -0.05) is 0 Å². The largest absolute Gasteiger partial charge is 0.493 e. The second-order valence-corrected chi connectivity index (χ2v) is 2.89. The molecule has 0 aliphatic carbocycles. The van der Waals surface area contributed by atoms with Gasteiger partial charge in [-0.25, -0.2) is 4.79 Å². The summed E-state index contributed by atoms with van der Waals surface area (Å²) >= 11 is 0. The molecule has 0 atom stereocenters. The molecule has 0 aliphatic rings. The van der Waals surface area contributed by atoms with Gasteiger partial charge in [0.05, 0.1) is 18.6 Å². The first-order chi connectivity index (χ1) is 7.09. The van der Waals surface area contributed by atoms with Gasteiger partial charge in [0.25, 0.3) is 0 Å². The molecule has 5 heteroatoms. The van der Waals surface area contributed by atoms with E-state index in [0.29, 0.717) is 5.75 Å². The summed E-state index contributed by atoms with van der Waals surface area (Å²) in [6.45, 7) is 0.196. The number of hydrogen-bond acceptors (Lipinski definition) is 3. The van der Waals surface area contributed by atoms with Gasteiger partial charge in [0.1, 0.15) is 5.75 Å². The Labute approximate surface area is 86.5 Å². The summed E-state index contributed by atoms with van der Waals surface area (Å²) in [6.07, 6.45) is 0.140. The monoisotopic (exact) mass is 209 g/mol. The summed E-state index contributed by atoms with van der Waals surface area (Å²) in [5.41, 5.74) is 5.12. The van der Waals surface area contributed by atoms with Crippen molar-refractivity contribution in [3.05, 3.63) is 29.8 Å². The highest BCUT2D eigenvalue weighted by atomic mass is 16.5. The van der Waals surface area contributed by atoms with E-state index in [2.05, 4.69) is 0 Å². The zero-order valence-electron chi connectivity index (χ0n) is 7.97. The molecule has 0 saturated carbocycles. The highest BCUT2D eigenvalue weighted by Crippen LogP contribution is 2.12. The maximum absolute atomic E-state index is 10.5. The lowest BCUT2D eigenvalue weighted by Gasteiger charge is -2.04. The fourth-order valence-corrected chi connectivity index (χ4v) is 0.963. The lowest BCUT2D eigenvalue weighted by atomic mass is 10.2. The number of hydrogen-bond donors (Lipinski definition) is 2. The van der Waals surface area contributed by atoms with E-state index < -0.39 is 11.9 Å². The molecule has 5 nitrogen and oxygen atoms in total. The molecule has 3 N–H and O–H groups in total. The molecular formula is C10H11NO4. The number of nitrogens with two attached hydrogens (primary N) is 1. The molecule has 0 spiro atoms. The van der Waals surface area contributed by atoms with Crippen molar-refractivity contribution in [3.63, 3.8) is 0 Å². The molecule has 0 heterocycles. The Morgan fingerprint density at radius 1 is 1.27 bits per heavy atom. The van der Waals surface area contributed by atoms with Crippen molar-refractivity contribution >= 4 is 11.9 Å². The topological polar surface area (TPSA) is 89.6 Å². The van der Waals surface area contributed by atoms with Crippen LogP contribution >= 0.6 is 0 Å². The van der Waals surface area contributed by atoms with Crippen LogP contribution in [0.1, 0.15) is 16.8 Å².